The molecule has 0 spiro atoms. The Labute approximate surface area is 161 Å². The standard InChI is InChI=1S/C9H10Br6O4/c1-7(2,3-18-5(16)8(10,11)12)4-19-6(17)9(13,14)15/h3-4H2,1-2H3. The van der Waals surface area contributed by atoms with Crippen LogP contribution < -0.4 is 0 Å². The molecule has 0 N–H and O–H groups in total. The van der Waals surface area contributed by atoms with Crippen LogP contribution in [0, 0.1) is 5.41 Å². The lowest BCUT2D eigenvalue weighted by molar-refractivity contribution is -0.150. The van der Waals surface area contributed by atoms with Crippen molar-refractivity contribution in [2.75, 3.05) is 13.2 Å². The van der Waals surface area contributed by atoms with E-state index in [1.165, 1.54) is 0 Å². The van der Waals surface area contributed by atoms with Crippen molar-refractivity contribution >= 4 is 108 Å². The van der Waals surface area contributed by atoms with Crippen molar-refractivity contribution in [1.82, 2.24) is 0 Å². The summed E-state index contributed by atoms with van der Waals surface area (Å²) in [6, 6.07) is 0. The normalized spacial score (nSPS) is 13.1. The smallest absolute Gasteiger partial charge is 0.344 e. The molecule has 0 radical (unpaired) electrons. The molecular weight excluding hydrogens is 652 g/mol. The summed E-state index contributed by atoms with van der Waals surface area (Å²) in [6.07, 6.45) is 0. The third kappa shape index (κ3) is 9.44. The van der Waals surface area contributed by atoms with Crippen molar-refractivity contribution in [3.05, 3.63) is 0 Å². The van der Waals surface area contributed by atoms with E-state index in [1.807, 2.05) is 13.8 Å². The Balaban J connectivity index is 4.28. The van der Waals surface area contributed by atoms with Crippen molar-refractivity contribution in [2.45, 2.75) is 18.1 Å². The van der Waals surface area contributed by atoms with E-state index in [1.54, 1.807) is 0 Å². The molecule has 0 aromatic carbocycles. The highest BCUT2D eigenvalue weighted by Gasteiger charge is 2.35. The van der Waals surface area contributed by atoms with Gasteiger partial charge in [-0.1, -0.05) is 13.8 Å². The Morgan fingerprint density at radius 3 is 1.26 bits per heavy atom. The number of esters is 2. The molecule has 10 heteroatoms. The van der Waals surface area contributed by atoms with Gasteiger partial charge in [-0.05, 0) is 95.6 Å². The van der Waals surface area contributed by atoms with E-state index >= 15 is 0 Å². The van der Waals surface area contributed by atoms with Gasteiger partial charge in [0.15, 0.2) is 0 Å². The summed E-state index contributed by atoms with van der Waals surface area (Å²) in [6.45, 7) is 3.82. The van der Waals surface area contributed by atoms with Gasteiger partial charge in [0, 0.05) is 5.41 Å². The molecule has 0 unspecified atom stereocenters. The first-order valence-corrected chi connectivity index (χ1v) is 9.49. The van der Waals surface area contributed by atoms with Gasteiger partial charge in [0.1, 0.15) is 0 Å². The number of ether oxygens (including phenoxy) is 2. The molecule has 0 atom stereocenters. The molecule has 0 saturated heterocycles. The van der Waals surface area contributed by atoms with Gasteiger partial charge in [0.2, 0.25) is 4.29 Å². The highest BCUT2D eigenvalue weighted by atomic mass is 80.0. The van der Waals surface area contributed by atoms with Gasteiger partial charge in [0.25, 0.3) is 0 Å². The Morgan fingerprint density at radius 2 is 1.05 bits per heavy atom. The molecule has 4 nitrogen and oxygen atoms in total. The maximum absolute atomic E-state index is 11.5. The molecule has 0 aliphatic heterocycles. The molecular formula is C9H10Br6O4. The minimum absolute atomic E-state index is 0.101. The molecule has 0 rings (SSSR count). The van der Waals surface area contributed by atoms with Gasteiger partial charge in [0.05, 0.1) is 13.2 Å². The maximum Gasteiger partial charge on any atom is 0.344 e. The zero-order chi connectivity index (χ0) is 15.5. The minimum Gasteiger partial charge on any atom is -0.463 e. The largest absolute Gasteiger partial charge is 0.463 e. The molecule has 0 aliphatic rings. The third-order valence-corrected chi connectivity index (χ3v) is 3.59. The van der Waals surface area contributed by atoms with Crippen LogP contribution in [-0.2, 0) is 19.1 Å². The molecule has 0 bridgehead atoms. The lowest BCUT2D eigenvalue weighted by Crippen LogP contribution is -2.33. The SMILES string of the molecule is CC(C)(COC(=O)C(Br)(Br)Br)COC(=O)C(Br)(Br)Br. The average Bonchev–Trinajstić information content (AvgIpc) is 2.20. The van der Waals surface area contributed by atoms with Gasteiger partial charge in [-0.15, -0.1) is 0 Å². The van der Waals surface area contributed by atoms with E-state index in [9.17, 15) is 9.59 Å². The van der Waals surface area contributed by atoms with Gasteiger partial charge >= 0.3 is 11.9 Å². The van der Waals surface area contributed by atoms with Gasteiger partial charge < -0.3 is 9.47 Å². The van der Waals surface area contributed by atoms with Crippen LogP contribution in [0.4, 0.5) is 0 Å². The minimum atomic E-state index is -1.10. The fourth-order valence-corrected chi connectivity index (χ4v) is 1.41. The molecule has 0 aromatic heterocycles. The first kappa shape index (κ1) is 20.8. The molecule has 0 amide bonds. The summed E-state index contributed by atoms with van der Waals surface area (Å²) in [4.78, 5) is 23.0. The van der Waals surface area contributed by atoms with E-state index < -0.39 is 21.6 Å². The molecule has 19 heavy (non-hydrogen) atoms. The fourth-order valence-electron chi connectivity index (χ4n) is 0.727. The lowest BCUT2D eigenvalue weighted by Gasteiger charge is -2.25. The van der Waals surface area contributed by atoms with E-state index in [0.29, 0.717) is 0 Å². The van der Waals surface area contributed by atoms with Crippen LogP contribution in [0.1, 0.15) is 13.8 Å². The van der Waals surface area contributed by atoms with E-state index in [-0.39, 0.29) is 13.2 Å². The van der Waals surface area contributed by atoms with Crippen LogP contribution in [0.2, 0.25) is 0 Å². The number of hydrogen-bond donors (Lipinski definition) is 0. The number of alkyl halides is 6. The second-order valence-corrected chi connectivity index (χ2v) is 17.8. The predicted molar refractivity (Wildman–Crippen MR) is 94.7 cm³/mol. The van der Waals surface area contributed by atoms with Crippen LogP contribution in [0.5, 0.6) is 0 Å². The highest BCUT2D eigenvalue weighted by Crippen LogP contribution is 2.36. The number of carbonyl (C=O) groups excluding carboxylic acids is 2. The summed E-state index contributed by atoms with van der Waals surface area (Å²) in [7, 11) is 0. The second kappa shape index (κ2) is 7.89. The van der Waals surface area contributed by atoms with Crippen molar-refractivity contribution in [1.29, 1.82) is 0 Å². The lowest BCUT2D eigenvalue weighted by atomic mass is 9.96. The van der Waals surface area contributed by atoms with Crippen molar-refractivity contribution in [3.8, 4) is 0 Å². The Morgan fingerprint density at radius 1 is 0.789 bits per heavy atom. The summed E-state index contributed by atoms with van der Waals surface area (Å²) in [5.74, 6) is -1.05. The quantitative estimate of drug-likeness (QED) is 0.322. The van der Waals surface area contributed by atoms with Crippen molar-refractivity contribution in [2.24, 2.45) is 5.41 Å². The van der Waals surface area contributed by atoms with E-state index in [4.69, 9.17) is 9.47 Å². The number of halogens is 6. The van der Waals surface area contributed by atoms with Gasteiger partial charge in [-0.2, -0.15) is 0 Å². The van der Waals surface area contributed by atoms with Crippen LogP contribution >= 0.6 is 95.6 Å². The number of hydrogen-bond acceptors (Lipinski definition) is 4. The highest BCUT2D eigenvalue weighted by molar-refractivity contribution is 9.40. The van der Waals surface area contributed by atoms with E-state index in [0.717, 1.165) is 0 Å². The summed E-state index contributed by atoms with van der Waals surface area (Å²) < 4.78 is 7.96. The summed E-state index contributed by atoms with van der Waals surface area (Å²) in [5, 5.41) is 0. The zero-order valence-electron chi connectivity index (χ0n) is 9.81. The third-order valence-electron chi connectivity index (χ3n) is 1.65. The summed E-state index contributed by atoms with van der Waals surface area (Å²) >= 11 is 18.3. The average molecular weight is 662 g/mol. The second-order valence-electron chi connectivity index (χ2n) is 4.31. The molecule has 0 saturated carbocycles. The first-order chi connectivity index (χ1) is 8.26. The fraction of sp³-hybridized carbons (Fsp3) is 0.778. The molecule has 0 aliphatic carbocycles. The predicted octanol–water partition coefficient (Wildman–Crippen LogP) is 4.78. The molecule has 112 valence electrons. The van der Waals surface area contributed by atoms with Crippen molar-refractivity contribution in [3.63, 3.8) is 0 Å². The maximum atomic E-state index is 11.5. The number of carbonyl (C=O) groups is 2. The van der Waals surface area contributed by atoms with Gasteiger partial charge in [-0.25, -0.2) is 9.59 Å². The first-order valence-electron chi connectivity index (χ1n) is 4.73. The van der Waals surface area contributed by atoms with E-state index in [2.05, 4.69) is 95.6 Å². The zero-order valence-corrected chi connectivity index (χ0v) is 19.3. The van der Waals surface area contributed by atoms with Crippen LogP contribution in [0.15, 0.2) is 0 Å². The molecule has 0 aromatic rings. The molecule has 0 fully saturated rings. The van der Waals surface area contributed by atoms with Crippen LogP contribution in [0.25, 0.3) is 0 Å². The van der Waals surface area contributed by atoms with Crippen molar-refractivity contribution < 1.29 is 19.1 Å². The summed E-state index contributed by atoms with van der Waals surface area (Å²) in [5.41, 5.74) is -0.512. The Bertz CT molecular complexity index is 312. The molecule has 0 heterocycles. The van der Waals surface area contributed by atoms with Crippen LogP contribution in [0.3, 0.4) is 0 Å². The monoisotopic (exact) mass is 656 g/mol. The van der Waals surface area contributed by atoms with Crippen LogP contribution in [-0.4, -0.2) is 29.4 Å². The number of rotatable bonds is 4. The Hall–Kier alpha value is 1.82. The Kier molecular flexibility index (Phi) is 8.65. The van der Waals surface area contributed by atoms with Gasteiger partial charge in [-0.3, -0.25) is 0 Å². The topological polar surface area (TPSA) is 52.6 Å².